The number of aromatic hydroxyl groups is 1. The van der Waals surface area contributed by atoms with Crippen LogP contribution in [-0.2, 0) is 0 Å². The van der Waals surface area contributed by atoms with E-state index in [2.05, 4.69) is 25.9 Å². The number of fused-ring (bicyclic) bond motifs is 1. The molecule has 0 saturated heterocycles. The van der Waals surface area contributed by atoms with Crippen LogP contribution in [0.2, 0.25) is 5.02 Å². The summed E-state index contributed by atoms with van der Waals surface area (Å²) >= 11 is 14.6. The quantitative estimate of drug-likeness (QED) is 0.512. The molecule has 0 unspecified atom stereocenters. The van der Waals surface area contributed by atoms with Crippen LogP contribution in [0.15, 0.2) is 56.7 Å². The van der Waals surface area contributed by atoms with Crippen molar-refractivity contribution in [2.24, 2.45) is 4.99 Å². The second kappa shape index (κ2) is 6.92. The van der Waals surface area contributed by atoms with E-state index in [1.54, 1.807) is 36.6 Å². The summed E-state index contributed by atoms with van der Waals surface area (Å²) in [6, 6.07) is 12.4. The number of H-pyrrole nitrogens is 1. The first kappa shape index (κ1) is 17.9. The fourth-order valence-electron chi connectivity index (χ4n) is 2.83. The Bertz CT molecular complexity index is 1240. The fraction of sp³-hybridized carbons (Fsp3) is 0. The maximum absolute atomic E-state index is 12.5. The van der Waals surface area contributed by atoms with Crippen LogP contribution < -0.4 is 5.56 Å². The number of aromatic nitrogens is 2. The number of halogens is 2. The van der Waals surface area contributed by atoms with Crippen molar-refractivity contribution in [3.8, 4) is 11.6 Å². The highest BCUT2D eigenvalue weighted by atomic mass is 79.9. The van der Waals surface area contributed by atoms with Gasteiger partial charge in [0.05, 0.1) is 11.4 Å². The van der Waals surface area contributed by atoms with Crippen LogP contribution in [0, 0.1) is 4.77 Å². The number of hydrogen-bond acceptors (Lipinski definition) is 4. The van der Waals surface area contributed by atoms with Crippen molar-refractivity contribution in [1.29, 1.82) is 0 Å². The van der Waals surface area contributed by atoms with E-state index in [1.165, 1.54) is 4.57 Å². The molecule has 1 aromatic heterocycles. The van der Waals surface area contributed by atoms with Gasteiger partial charge in [-0.05, 0) is 60.8 Å². The number of aliphatic imine (C=N–C) groups is 1. The highest BCUT2D eigenvalue weighted by molar-refractivity contribution is 9.10. The Morgan fingerprint density at radius 3 is 2.70 bits per heavy atom. The smallest absolute Gasteiger partial charge is 0.262 e. The van der Waals surface area contributed by atoms with Gasteiger partial charge < -0.3 is 5.11 Å². The largest absolute Gasteiger partial charge is 0.494 e. The highest BCUT2D eigenvalue weighted by Gasteiger charge is 2.17. The summed E-state index contributed by atoms with van der Waals surface area (Å²) in [6.45, 7) is 0. The molecule has 2 heterocycles. The molecule has 0 amide bonds. The minimum Gasteiger partial charge on any atom is -0.494 e. The summed E-state index contributed by atoms with van der Waals surface area (Å²) in [5, 5.41) is 11.3. The van der Waals surface area contributed by atoms with Crippen molar-refractivity contribution in [1.82, 2.24) is 9.55 Å². The summed E-state index contributed by atoms with van der Waals surface area (Å²) in [5.41, 5.74) is 2.57. The van der Waals surface area contributed by atoms with Gasteiger partial charge in [0.2, 0.25) is 5.88 Å². The lowest BCUT2D eigenvalue weighted by atomic mass is 10.1. The first-order chi connectivity index (χ1) is 12.9. The van der Waals surface area contributed by atoms with Crippen molar-refractivity contribution in [3.63, 3.8) is 0 Å². The average Bonchev–Trinajstić information content (AvgIpc) is 3.02. The van der Waals surface area contributed by atoms with Gasteiger partial charge in [-0.3, -0.25) is 19.3 Å². The molecule has 1 aliphatic rings. The van der Waals surface area contributed by atoms with Gasteiger partial charge in [-0.1, -0.05) is 27.5 Å². The minimum absolute atomic E-state index is 0.0882. The zero-order valence-corrected chi connectivity index (χ0v) is 16.8. The van der Waals surface area contributed by atoms with E-state index in [0.717, 1.165) is 15.7 Å². The summed E-state index contributed by atoms with van der Waals surface area (Å²) < 4.78 is 2.37. The first-order valence-corrected chi connectivity index (χ1v) is 9.42. The minimum atomic E-state index is -0.480. The number of hydrogen-bond donors (Lipinski definition) is 2. The van der Waals surface area contributed by atoms with E-state index in [-0.39, 0.29) is 16.2 Å². The molecule has 1 aliphatic heterocycles. The molecule has 3 aromatic rings. The maximum atomic E-state index is 12.5. The summed E-state index contributed by atoms with van der Waals surface area (Å²) in [7, 11) is 0. The van der Waals surface area contributed by atoms with Crippen molar-refractivity contribution in [3.05, 3.63) is 78.2 Å². The number of rotatable bonds is 2. The predicted molar refractivity (Wildman–Crippen MR) is 114 cm³/mol. The van der Waals surface area contributed by atoms with Crippen molar-refractivity contribution in [2.75, 3.05) is 0 Å². The monoisotopic (exact) mass is 459 g/mol. The Morgan fingerprint density at radius 2 is 1.96 bits per heavy atom. The number of nitrogens with one attached hydrogen (secondary N) is 1. The Hall–Kier alpha value is -2.48. The van der Waals surface area contributed by atoms with Crippen LogP contribution in [0.5, 0.6) is 5.88 Å². The Balaban J connectivity index is 1.91. The SMILES string of the molecule is O=c1[nH]c(=S)n(-c2ccc(Cl)cc2)c(O)c1C=C1C=Nc2ccc(Br)cc21. The number of aromatic amines is 1. The van der Waals surface area contributed by atoms with Gasteiger partial charge in [0, 0.05) is 26.8 Å². The summed E-state index contributed by atoms with van der Waals surface area (Å²) in [6.07, 6.45) is 3.25. The molecule has 27 heavy (non-hydrogen) atoms. The lowest BCUT2D eigenvalue weighted by molar-refractivity contribution is 0.432. The van der Waals surface area contributed by atoms with E-state index in [9.17, 15) is 9.90 Å². The standard InChI is InChI=1S/C19H11BrClN3O2S/c20-11-1-6-16-14(8-11)10(9-22-16)7-15-17(25)23-19(27)24(18(15)26)13-4-2-12(21)3-5-13/h1-9,26H,(H,23,25,27). The normalized spacial score (nSPS) is 13.9. The van der Waals surface area contributed by atoms with E-state index < -0.39 is 5.56 Å². The third-order valence-electron chi connectivity index (χ3n) is 4.12. The number of benzene rings is 2. The molecule has 0 spiro atoms. The van der Waals surface area contributed by atoms with Crippen LogP contribution in [-0.4, -0.2) is 20.9 Å². The molecule has 0 bridgehead atoms. The summed E-state index contributed by atoms with van der Waals surface area (Å²) in [5.74, 6) is -0.254. The van der Waals surface area contributed by atoms with Gasteiger partial charge in [0.25, 0.3) is 5.56 Å². The number of nitrogens with zero attached hydrogens (tertiary/aromatic N) is 2. The molecule has 0 atom stereocenters. The predicted octanol–water partition coefficient (Wildman–Crippen LogP) is 5.27. The van der Waals surface area contributed by atoms with Crippen molar-refractivity contribution < 1.29 is 5.11 Å². The molecule has 5 nitrogen and oxygen atoms in total. The van der Waals surface area contributed by atoms with Gasteiger partial charge in [0.1, 0.15) is 5.56 Å². The second-order valence-electron chi connectivity index (χ2n) is 5.83. The van der Waals surface area contributed by atoms with Crippen LogP contribution in [0.25, 0.3) is 17.3 Å². The molecule has 2 N–H and O–H groups in total. The van der Waals surface area contributed by atoms with Crippen LogP contribution >= 0.6 is 39.7 Å². The first-order valence-electron chi connectivity index (χ1n) is 7.84. The van der Waals surface area contributed by atoms with Gasteiger partial charge in [0.15, 0.2) is 4.77 Å². The Kier molecular flexibility index (Phi) is 4.59. The highest BCUT2D eigenvalue weighted by Crippen LogP contribution is 2.35. The molecule has 0 saturated carbocycles. The Labute approximate surface area is 172 Å². The zero-order chi connectivity index (χ0) is 19.1. The molecule has 4 rings (SSSR count). The third-order valence-corrected chi connectivity index (χ3v) is 5.15. The molecular formula is C19H11BrClN3O2S. The number of allylic oxidation sites excluding steroid dienone is 1. The average molecular weight is 461 g/mol. The molecule has 2 aromatic carbocycles. The van der Waals surface area contributed by atoms with Crippen molar-refractivity contribution in [2.45, 2.75) is 0 Å². The fourth-order valence-corrected chi connectivity index (χ4v) is 3.60. The van der Waals surface area contributed by atoms with Gasteiger partial charge in [-0.15, -0.1) is 0 Å². The Morgan fingerprint density at radius 1 is 1.22 bits per heavy atom. The topological polar surface area (TPSA) is 70.4 Å². The third kappa shape index (κ3) is 3.29. The molecule has 134 valence electrons. The van der Waals surface area contributed by atoms with Gasteiger partial charge >= 0.3 is 0 Å². The van der Waals surface area contributed by atoms with E-state index in [0.29, 0.717) is 16.3 Å². The molecule has 0 fully saturated rings. The van der Waals surface area contributed by atoms with Crippen LogP contribution in [0.4, 0.5) is 5.69 Å². The molecule has 0 aliphatic carbocycles. The van der Waals surface area contributed by atoms with E-state index in [1.807, 2.05) is 18.2 Å². The lowest BCUT2D eigenvalue weighted by Gasteiger charge is -2.12. The zero-order valence-electron chi connectivity index (χ0n) is 13.6. The van der Waals surface area contributed by atoms with Crippen LogP contribution in [0.1, 0.15) is 11.1 Å². The summed E-state index contributed by atoms with van der Waals surface area (Å²) in [4.78, 5) is 19.4. The molecule has 8 heteroatoms. The van der Waals surface area contributed by atoms with Crippen molar-refractivity contribution >= 4 is 63.3 Å². The molecular weight excluding hydrogens is 450 g/mol. The maximum Gasteiger partial charge on any atom is 0.262 e. The second-order valence-corrected chi connectivity index (χ2v) is 7.57. The van der Waals surface area contributed by atoms with Gasteiger partial charge in [-0.2, -0.15) is 0 Å². The van der Waals surface area contributed by atoms with E-state index >= 15 is 0 Å². The van der Waals surface area contributed by atoms with Crippen LogP contribution in [0.3, 0.4) is 0 Å². The van der Waals surface area contributed by atoms with E-state index in [4.69, 9.17) is 23.8 Å². The lowest BCUT2D eigenvalue weighted by Crippen LogP contribution is -2.16. The van der Waals surface area contributed by atoms with Gasteiger partial charge in [-0.25, -0.2) is 0 Å². The molecule has 0 radical (unpaired) electrons.